The highest BCUT2D eigenvalue weighted by atomic mass is 16.3. The molecule has 0 radical (unpaired) electrons. The highest BCUT2D eigenvalue weighted by Gasteiger charge is 2.24. The van der Waals surface area contributed by atoms with E-state index in [2.05, 4.69) is 50.9 Å². The predicted octanol–water partition coefficient (Wildman–Crippen LogP) is 2.33. The van der Waals surface area contributed by atoms with Gasteiger partial charge in [-0.2, -0.15) is 0 Å². The highest BCUT2D eigenvalue weighted by molar-refractivity contribution is 5.37. The number of fused-ring (bicyclic) bond motifs is 1. The number of rotatable bonds is 1. The SMILES string of the molecule is CN1Cc2cc(C(C)(C)C)ccc2CC1CO. The summed E-state index contributed by atoms with van der Waals surface area (Å²) in [6.07, 6.45) is 0.965. The number of nitrogens with zero attached hydrogens (tertiary/aromatic N) is 1. The van der Waals surface area contributed by atoms with Crippen molar-refractivity contribution in [3.63, 3.8) is 0 Å². The number of benzene rings is 1. The van der Waals surface area contributed by atoms with Gasteiger partial charge in [-0.3, -0.25) is 4.90 Å². The van der Waals surface area contributed by atoms with Gasteiger partial charge in [0, 0.05) is 12.6 Å². The average molecular weight is 233 g/mol. The molecule has 1 N–H and O–H groups in total. The second-order valence-electron chi connectivity index (χ2n) is 6.19. The third-order valence-corrected chi connectivity index (χ3v) is 3.78. The van der Waals surface area contributed by atoms with Crippen LogP contribution in [-0.4, -0.2) is 29.7 Å². The van der Waals surface area contributed by atoms with Gasteiger partial charge in [0.05, 0.1) is 6.61 Å². The summed E-state index contributed by atoms with van der Waals surface area (Å²) in [7, 11) is 2.09. The van der Waals surface area contributed by atoms with Gasteiger partial charge in [-0.25, -0.2) is 0 Å². The summed E-state index contributed by atoms with van der Waals surface area (Å²) in [6.45, 7) is 7.94. The zero-order valence-electron chi connectivity index (χ0n) is 11.3. The topological polar surface area (TPSA) is 23.5 Å². The van der Waals surface area contributed by atoms with E-state index < -0.39 is 0 Å². The minimum atomic E-state index is 0.210. The van der Waals surface area contributed by atoms with E-state index in [0.717, 1.165) is 13.0 Å². The van der Waals surface area contributed by atoms with E-state index in [1.54, 1.807) is 0 Å². The first-order valence-corrected chi connectivity index (χ1v) is 6.35. The van der Waals surface area contributed by atoms with Crippen molar-refractivity contribution in [2.75, 3.05) is 13.7 Å². The zero-order valence-corrected chi connectivity index (χ0v) is 11.3. The minimum Gasteiger partial charge on any atom is -0.395 e. The average Bonchev–Trinajstić information content (AvgIpc) is 2.26. The van der Waals surface area contributed by atoms with Crippen LogP contribution in [0.25, 0.3) is 0 Å². The fourth-order valence-electron chi connectivity index (χ4n) is 2.45. The number of aliphatic hydroxyl groups is 1. The van der Waals surface area contributed by atoms with Crippen LogP contribution in [0.5, 0.6) is 0 Å². The van der Waals surface area contributed by atoms with Crippen LogP contribution in [0.15, 0.2) is 18.2 Å². The molecule has 1 heterocycles. The highest BCUT2D eigenvalue weighted by Crippen LogP contribution is 2.28. The molecule has 2 nitrogen and oxygen atoms in total. The van der Waals surface area contributed by atoms with Crippen LogP contribution in [0.4, 0.5) is 0 Å². The van der Waals surface area contributed by atoms with E-state index in [1.165, 1.54) is 16.7 Å². The molecule has 0 saturated carbocycles. The normalized spacial score (nSPS) is 21.4. The van der Waals surface area contributed by atoms with E-state index in [4.69, 9.17) is 0 Å². The number of aliphatic hydroxyl groups excluding tert-OH is 1. The largest absolute Gasteiger partial charge is 0.395 e. The summed E-state index contributed by atoms with van der Waals surface area (Å²) in [5, 5.41) is 9.33. The second-order valence-corrected chi connectivity index (χ2v) is 6.19. The maximum atomic E-state index is 9.33. The van der Waals surface area contributed by atoms with E-state index >= 15 is 0 Å². The first-order chi connectivity index (χ1) is 7.91. The zero-order chi connectivity index (χ0) is 12.6. The van der Waals surface area contributed by atoms with E-state index in [-0.39, 0.29) is 18.1 Å². The molecule has 2 rings (SSSR count). The monoisotopic (exact) mass is 233 g/mol. The molecule has 0 amide bonds. The van der Waals surface area contributed by atoms with Crippen LogP contribution in [0, 0.1) is 0 Å². The maximum Gasteiger partial charge on any atom is 0.0590 e. The third-order valence-electron chi connectivity index (χ3n) is 3.78. The van der Waals surface area contributed by atoms with Crippen molar-refractivity contribution >= 4 is 0 Å². The Labute approximate surface area is 104 Å². The van der Waals surface area contributed by atoms with Crippen molar-refractivity contribution in [1.82, 2.24) is 4.90 Å². The summed E-state index contributed by atoms with van der Waals surface area (Å²) >= 11 is 0. The molecule has 17 heavy (non-hydrogen) atoms. The lowest BCUT2D eigenvalue weighted by Gasteiger charge is -2.34. The van der Waals surface area contributed by atoms with Crippen LogP contribution < -0.4 is 0 Å². The lowest BCUT2D eigenvalue weighted by atomic mass is 9.83. The van der Waals surface area contributed by atoms with E-state index in [1.807, 2.05) is 0 Å². The first kappa shape index (κ1) is 12.6. The molecule has 1 aromatic rings. The molecule has 0 bridgehead atoms. The summed E-state index contributed by atoms with van der Waals surface area (Å²) in [6, 6.07) is 7.09. The van der Waals surface area contributed by atoms with Gasteiger partial charge in [0.2, 0.25) is 0 Å². The molecule has 1 atom stereocenters. The fraction of sp³-hybridized carbons (Fsp3) is 0.600. The summed E-state index contributed by atoms with van der Waals surface area (Å²) in [4.78, 5) is 2.24. The van der Waals surface area contributed by atoms with Gasteiger partial charge in [0.25, 0.3) is 0 Å². The van der Waals surface area contributed by atoms with Gasteiger partial charge in [-0.15, -0.1) is 0 Å². The Hall–Kier alpha value is -0.860. The van der Waals surface area contributed by atoms with Gasteiger partial charge < -0.3 is 5.11 Å². The lowest BCUT2D eigenvalue weighted by molar-refractivity contribution is 0.131. The van der Waals surface area contributed by atoms with Gasteiger partial charge in [-0.05, 0) is 35.6 Å². The smallest absolute Gasteiger partial charge is 0.0590 e. The Morgan fingerprint density at radius 3 is 2.59 bits per heavy atom. The molecule has 1 aliphatic rings. The summed E-state index contributed by atoms with van der Waals surface area (Å²) in [5.41, 5.74) is 4.42. The number of hydrogen-bond donors (Lipinski definition) is 1. The Kier molecular flexibility index (Phi) is 3.28. The predicted molar refractivity (Wildman–Crippen MR) is 71.2 cm³/mol. The standard InChI is InChI=1S/C15H23NO/c1-15(2,3)13-6-5-11-8-14(10-17)16(4)9-12(11)7-13/h5-7,14,17H,8-10H2,1-4H3. The minimum absolute atomic E-state index is 0.210. The molecule has 1 unspecified atom stereocenters. The molecule has 0 aromatic heterocycles. The Balaban J connectivity index is 2.33. The van der Waals surface area contributed by atoms with Crippen LogP contribution in [0.1, 0.15) is 37.5 Å². The Bertz CT molecular complexity index is 406. The molecule has 1 aromatic carbocycles. The quantitative estimate of drug-likeness (QED) is 0.805. The lowest BCUT2D eigenvalue weighted by Crippen LogP contribution is -2.40. The summed E-state index contributed by atoms with van der Waals surface area (Å²) < 4.78 is 0. The maximum absolute atomic E-state index is 9.33. The van der Waals surface area contributed by atoms with Crippen LogP contribution >= 0.6 is 0 Å². The van der Waals surface area contributed by atoms with Gasteiger partial charge in [-0.1, -0.05) is 39.0 Å². The van der Waals surface area contributed by atoms with Crippen molar-refractivity contribution < 1.29 is 5.11 Å². The summed E-state index contributed by atoms with van der Waals surface area (Å²) in [5.74, 6) is 0. The van der Waals surface area contributed by atoms with Crippen LogP contribution in [0.2, 0.25) is 0 Å². The Morgan fingerprint density at radius 2 is 2.00 bits per heavy atom. The Morgan fingerprint density at radius 1 is 1.29 bits per heavy atom. The van der Waals surface area contributed by atoms with Crippen molar-refractivity contribution in [3.05, 3.63) is 34.9 Å². The molecule has 94 valence electrons. The molecule has 0 saturated heterocycles. The van der Waals surface area contributed by atoms with Crippen molar-refractivity contribution in [3.8, 4) is 0 Å². The molecule has 0 fully saturated rings. The number of hydrogen-bond acceptors (Lipinski definition) is 2. The van der Waals surface area contributed by atoms with E-state index in [0.29, 0.717) is 0 Å². The van der Waals surface area contributed by atoms with Crippen LogP contribution in [-0.2, 0) is 18.4 Å². The molecular formula is C15H23NO. The van der Waals surface area contributed by atoms with Crippen LogP contribution in [0.3, 0.4) is 0 Å². The molecular weight excluding hydrogens is 210 g/mol. The first-order valence-electron chi connectivity index (χ1n) is 6.35. The van der Waals surface area contributed by atoms with Crippen molar-refractivity contribution in [2.24, 2.45) is 0 Å². The fourth-order valence-corrected chi connectivity index (χ4v) is 2.45. The molecule has 1 aliphatic heterocycles. The van der Waals surface area contributed by atoms with E-state index in [9.17, 15) is 5.11 Å². The third kappa shape index (κ3) is 2.53. The van der Waals surface area contributed by atoms with Crippen molar-refractivity contribution in [1.29, 1.82) is 0 Å². The molecule has 0 aliphatic carbocycles. The second kappa shape index (κ2) is 4.43. The number of likely N-dealkylation sites (N-methyl/N-ethyl adjacent to an activating group) is 1. The van der Waals surface area contributed by atoms with Gasteiger partial charge in [0.15, 0.2) is 0 Å². The van der Waals surface area contributed by atoms with Gasteiger partial charge >= 0.3 is 0 Å². The molecule has 2 heteroatoms. The van der Waals surface area contributed by atoms with Crippen molar-refractivity contribution in [2.45, 2.75) is 45.2 Å². The van der Waals surface area contributed by atoms with Gasteiger partial charge in [0.1, 0.15) is 0 Å². The molecule has 0 spiro atoms.